The predicted molar refractivity (Wildman–Crippen MR) is 182 cm³/mol. The van der Waals surface area contributed by atoms with Gasteiger partial charge in [0.15, 0.2) is 12.4 Å². The molecule has 0 spiro atoms. The third-order valence-electron chi connectivity index (χ3n) is 13.6. The van der Waals surface area contributed by atoms with Gasteiger partial charge in [-0.25, -0.2) is 0 Å². The SMILES string of the molecule is CC1(C)C[C@](CCNC(=O)CCC(=O)OCC(=O)[C@@]2(O)CC[C@@H]3[C@@H]4CCC5=CC(=O)CC[C@]5(C)[C@H]4CC[C@@]32C)(c2ccccc2)CCO1. The van der Waals surface area contributed by atoms with E-state index in [0.29, 0.717) is 37.8 Å². The summed E-state index contributed by atoms with van der Waals surface area (Å²) in [5.74, 6) is 0.0535. The minimum absolute atomic E-state index is 0.0200. The fourth-order valence-corrected chi connectivity index (χ4v) is 11.0. The molecule has 1 amide bonds. The number of esters is 1. The quantitative estimate of drug-likeness (QED) is 0.288. The molecule has 0 radical (unpaired) electrons. The van der Waals surface area contributed by atoms with Crippen LogP contribution in [-0.2, 0) is 34.1 Å². The number of nitrogens with one attached hydrogen (secondary N) is 1. The lowest BCUT2D eigenvalue weighted by Crippen LogP contribution is -2.58. The Labute approximate surface area is 285 Å². The summed E-state index contributed by atoms with van der Waals surface area (Å²) in [6.45, 7) is 9.28. The van der Waals surface area contributed by atoms with Crippen molar-refractivity contribution >= 4 is 23.4 Å². The molecule has 2 N–H and O–H groups in total. The first-order valence-electron chi connectivity index (χ1n) is 18.3. The zero-order chi connectivity index (χ0) is 34.4. The summed E-state index contributed by atoms with van der Waals surface area (Å²) < 4.78 is 11.4. The van der Waals surface area contributed by atoms with Gasteiger partial charge in [-0.3, -0.25) is 19.2 Å². The average Bonchev–Trinajstić information content (AvgIpc) is 3.34. The van der Waals surface area contributed by atoms with Gasteiger partial charge in [-0.05, 0) is 113 Å². The summed E-state index contributed by atoms with van der Waals surface area (Å²) in [6.07, 6.45) is 10.5. The second-order valence-corrected chi connectivity index (χ2v) is 16.7. The van der Waals surface area contributed by atoms with Gasteiger partial charge in [0.1, 0.15) is 5.60 Å². The van der Waals surface area contributed by atoms with E-state index in [9.17, 15) is 24.3 Å². The maximum atomic E-state index is 13.6. The molecule has 1 aliphatic heterocycles. The van der Waals surface area contributed by atoms with Crippen molar-refractivity contribution in [3.8, 4) is 0 Å². The molecule has 4 aliphatic carbocycles. The van der Waals surface area contributed by atoms with E-state index in [-0.39, 0.29) is 46.9 Å². The lowest BCUT2D eigenvalue weighted by molar-refractivity contribution is -0.170. The Morgan fingerprint density at radius 1 is 0.938 bits per heavy atom. The molecule has 1 heterocycles. The van der Waals surface area contributed by atoms with E-state index in [4.69, 9.17) is 9.47 Å². The second kappa shape index (κ2) is 13.1. The Kier molecular flexibility index (Phi) is 9.57. The normalized spacial score (nSPS) is 37.0. The summed E-state index contributed by atoms with van der Waals surface area (Å²) in [4.78, 5) is 51.1. The van der Waals surface area contributed by atoms with Crippen molar-refractivity contribution in [3.05, 3.63) is 47.5 Å². The number of Topliss-reactive ketones (excluding diaryl/α,β-unsaturated/α-hetero) is 1. The molecule has 1 saturated heterocycles. The zero-order valence-corrected chi connectivity index (χ0v) is 29.4. The largest absolute Gasteiger partial charge is 0.458 e. The number of ether oxygens (including phenoxy) is 2. The van der Waals surface area contributed by atoms with Crippen LogP contribution in [0.2, 0.25) is 0 Å². The molecule has 5 aliphatic rings. The lowest BCUT2D eigenvalue weighted by atomic mass is 9.46. The van der Waals surface area contributed by atoms with Gasteiger partial charge >= 0.3 is 5.97 Å². The first-order valence-corrected chi connectivity index (χ1v) is 18.3. The second-order valence-electron chi connectivity index (χ2n) is 16.7. The number of fused-ring (bicyclic) bond motifs is 5. The Bertz CT molecular complexity index is 1450. The average molecular weight is 662 g/mol. The molecule has 8 heteroatoms. The van der Waals surface area contributed by atoms with E-state index in [2.05, 4.69) is 45.1 Å². The highest BCUT2D eigenvalue weighted by Gasteiger charge is 2.66. The predicted octanol–water partition coefficient (Wildman–Crippen LogP) is 6.18. The lowest BCUT2D eigenvalue weighted by Gasteiger charge is -2.58. The monoisotopic (exact) mass is 661 g/mol. The number of benzene rings is 1. The molecule has 4 fully saturated rings. The van der Waals surface area contributed by atoms with Gasteiger partial charge < -0.3 is 19.9 Å². The van der Waals surface area contributed by atoms with Gasteiger partial charge in [-0.1, -0.05) is 49.8 Å². The Morgan fingerprint density at radius 2 is 1.69 bits per heavy atom. The van der Waals surface area contributed by atoms with Crippen LogP contribution in [0.4, 0.5) is 0 Å². The highest BCUT2D eigenvalue weighted by atomic mass is 16.5. The number of carbonyl (C=O) groups excluding carboxylic acids is 4. The first-order chi connectivity index (χ1) is 22.7. The smallest absolute Gasteiger partial charge is 0.306 e. The Morgan fingerprint density at radius 3 is 2.44 bits per heavy atom. The molecule has 1 aromatic rings. The van der Waals surface area contributed by atoms with E-state index in [1.54, 1.807) is 0 Å². The van der Waals surface area contributed by atoms with Crippen LogP contribution in [-0.4, -0.2) is 59.5 Å². The molecular formula is C40H55NO7. The van der Waals surface area contributed by atoms with Crippen LogP contribution in [0.3, 0.4) is 0 Å². The molecule has 6 rings (SSSR count). The number of allylic oxidation sites excluding steroid dienone is 1. The van der Waals surface area contributed by atoms with E-state index in [0.717, 1.165) is 57.8 Å². The molecule has 7 atom stereocenters. The number of aliphatic hydroxyl groups is 1. The third-order valence-corrected chi connectivity index (χ3v) is 13.6. The minimum atomic E-state index is -1.53. The summed E-state index contributed by atoms with van der Waals surface area (Å²) >= 11 is 0. The van der Waals surface area contributed by atoms with Gasteiger partial charge in [0.2, 0.25) is 11.7 Å². The maximum Gasteiger partial charge on any atom is 0.306 e. The number of amides is 1. The number of hydrogen-bond donors (Lipinski definition) is 2. The molecule has 1 aromatic carbocycles. The van der Waals surface area contributed by atoms with Gasteiger partial charge in [-0.2, -0.15) is 0 Å². The maximum absolute atomic E-state index is 13.6. The number of rotatable bonds is 10. The summed E-state index contributed by atoms with van der Waals surface area (Å²) in [6, 6.07) is 10.4. The van der Waals surface area contributed by atoms with Crippen LogP contribution >= 0.6 is 0 Å². The topological polar surface area (TPSA) is 119 Å². The highest BCUT2D eigenvalue weighted by molar-refractivity contribution is 5.92. The van der Waals surface area contributed by atoms with Crippen LogP contribution in [0.1, 0.15) is 117 Å². The van der Waals surface area contributed by atoms with Crippen molar-refractivity contribution in [2.75, 3.05) is 19.8 Å². The number of ketones is 2. The van der Waals surface area contributed by atoms with Gasteiger partial charge in [0, 0.05) is 36.8 Å². The fourth-order valence-electron chi connectivity index (χ4n) is 11.0. The standard InChI is InChI=1S/C40H55NO7/c1-36(2)26-39(21-23-48-36,27-8-6-5-7-9-27)20-22-41-34(44)12-13-35(45)47-25-33(43)40(46)19-16-32-30-11-10-28-24-29(42)14-17-37(28,3)31(30)15-18-38(32,40)4/h5-9,24,30-32,46H,10-23,25-26H2,1-4H3,(H,41,44)/t30-,31+,32-,37+,38+,39-,40+/m1/s1. The van der Waals surface area contributed by atoms with E-state index in [1.165, 1.54) is 11.1 Å². The summed E-state index contributed by atoms with van der Waals surface area (Å²) in [5.41, 5.74) is 0.112. The van der Waals surface area contributed by atoms with E-state index < -0.39 is 29.4 Å². The van der Waals surface area contributed by atoms with Gasteiger partial charge in [-0.15, -0.1) is 0 Å². The molecule has 3 saturated carbocycles. The van der Waals surface area contributed by atoms with Crippen molar-refractivity contribution in [1.29, 1.82) is 0 Å². The molecule has 48 heavy (non-hydrogen) atoms. The summed E-state index contributed by atoms with van der Waals surface area (Å²) in [7, 11) is 0. The van der Waals surface area contributed by atoms with Crippen molar-refractivity contribution < 1.29 is 33.8 Å². The molecule has 0 unspecified atom stereocenters. The summed E-state index contributed by atoms with van der Waals surface area (Å²) in [5, 5.41) is 14.9. The van der Waals surface area contributed by atoms with E-state index in [1.807, 2.05) is 24.3 Å². The van der Waals surface area contributed by atoms with Crippen molar-refractivity contribution in [2.45, 2.75) is 128 Å². The molecule has 262 valence electrons. The van der Waals surface area contributed by atoms with Crippen molar-refractivity contribution in [2.24, 2.45) is 28.6 Å². The van der Waals surface area contributed by atoms with E-state index >= 15 is 0 Å². The Hall–Kier alpha value is -2.84. The van der Waals surface area contributed by atoms with Gasteiger partial charge in [0.05, 0.1) is 12.0 Å². The highest BCUT2D eigenvalue weighted by Crippen LogP contribution is 2.67. The third kappa shape index (κ3) is 6.32. The van der Waals surface area contributed by atoms with Crippen LogP contribution < -0.4 is 5.32 Å². The molecule has 0 aromatic heterocycles. The number of carbonyl (C=O) groups is 4. The van der Waals surface area contributed by atoms with Crippen LogP contribution in [0.5, 0.6) is 0 Å². The van der Waals surface area contributed by atoms with Crippen molar-refractivity contribution in [1.82, 2.24) is 5.32 Å². The van der Waals surface area contributed by atoms with Crippen LogP contribution in [0.25, 0.3) is 0 Å². The van der Waals surface area contributed by atoms with Crippen LogP contribution in [0, 0.1) is 28.6 Å². The first kappa shape index (κ1) is 35.0. The molecule has 0 bridgehead atoms. The van der Waals surface area contributed by atoms with Gasteiger partial charge in [0.25, 0.3) is 0 Å². The Balaban J connectivity index is 0.981. The fraction of sp³-hybridized carbons (Fsp3) is 0.700. The zero-order valence-electron chi connectivity index (χ0n) is 29.4. The molecule has 8 nitrogen and oxygen atoms in total. The van der Waals surface area contributed by atoms with Crippen LogP contribution in [0.15, 0.2) is 42.0 Å². The van der Waals surface area contributed by atoms with Crippen molar-refractivity contribution in [3.63, 3.8) is 0 Å². The molecular weight excluding hydrogens is 606 g/mol. The number of hydrogen-bond acceptors (Lipinski definition) is 7. The minimum Gasteiger partial charge on any atom is -0.458 e.